The van der Waals surface area contributed by atoms with Crippen LogP contribution in [0.15, 0.2) is 18.2 Å². The SMILES string of the molecule is CC(O)COc1ccc(OCC(C)O)c(C(C)(C)C)c1. The van der Waals surface area contributed by atoms with E-state index in [1.807, 2.05) is 18.2 Å². The molecule has 114 valence electrons. The fourth-order valence-corrected chi connectivity index (χ4v) is 1.74. The van der Waals surface area contributed by atoms with Gasteiger partial charge in [0.1, 0.15) is 24.7 Å². The summed E-state index contributed by atoms with van der Waals surface area (Å²) in [6, 6.07) is 5.59. The van der Waals surface area contributed by atoms with Crippen LogP contribution in [0.4, 0.5) is 0 Å². The van der Waals surface area contributed by atoms with Crippen molar-refractivity contribution in [1.82, 2.24) is 0 Å². The summed E-state index contributed by atoms with van der Waals surface area (Å²) < 4.78 is 11.2. The molecule has 2 unspecified atom stereocenters. The van der Waals surface area contributed by atoms with Gasteiger partial charge < -0.3 is 19.7 Å². The first kappa shape index (κ1) is 16.8. The van der Waals surface area contributed by atoms with Gasteiger partial charge in [-0.05, 0) is 37.5 Å². The van der Waals surface area contributed by atoms with Crippen molar-refractivity contribution in [3.05, 3.63) is 23.8 Å². The molecule has 2 N–H and O–H groups in total. The zero-order valence-electron chi connectivity index (χ0n) is 13.0. The minimum atomic E-state index is -0.506. The molecular formula is C16H26O4. The molecule has 1 aromatic rings. The molecule has 20 heavy (non-hydrogen) atoms. The van der Waals surface area contributed by atoms with E-state index in [1.54, 1.807) is 13.8 Å². The van der Waals surface area contributed by atoms with E-state index in [2.05, 4.69) is 20.8 Å². The van der Waals surface area contributed by atoms with Crippen LogP contribution in [0, 0.1) is 0 Å². The lowest BCUT2D eigenvalue weighted by molar-refractivity contribution is 0.119. The maximum atomic E-state index is 9.33. The Hall–Kier alpha value is -1.26. The van der Waals surface area contributed by atoms with Crippen molar-refractivity contribution in [3.8, 4) is 11.5 Å². The summed E-state index contributed by atoms with van der Waals surface area (Å²) in [5.41, 5.74) is 0.916. The second kappa shape index (κ2) is 6.95. The molecule has 0 bridgehead atoms. The highest BCUT2D eigenvalue weighted by molar-refractivity contribution is 5.44. The van der Waals surface area contributed by atoms with E-state index >= 15 is 0 Å². The van der Waals surface area contributed by atoms with Crippen molar-refractivity contribution in [2.24, 2.45) is 0 Å². The van der Waals surface area contributed by atoms with E-state index in [9.17, 15) is 10.2 Å². The summed E-state index contributed by atoms with van der Waals surface area (Å²) in [6.07, 6.45) is -1.01. The van der Waals surface area contributed by atoms with E-state index in [4.69, 9.17) is 9.47 Å². The largest absolute Gasteiger partial charge is 0.491 e. The Kier molecular flexibility index (Phi) is 5.84. The summed E-state index contributed by atoms with van der Waals surface area (Å²) in [5.74, 6) is 1.46. The van der Waals surface area contributed by atoms with E-state index in [-0.39, 0.29) is 18.6 Å². The van der Waals surface area contributed by atoms with E-state index in [1.165, 1.54) is 0 Å². The zero-order chi connectivity index (χ0) is 15.3. The molecule has 0 fully saturated rings. The van der Waals surface area contributed by atoms with Gasteiger partial charge in [0, 0.05) is 5.56 Å². The van der Waals surface area contributed by atoms with Crippen LogP contribution in [0.5, 0.6) is 11.5 Å². The van der Waals surface area contributed by atoms with Crippen molar-refractivity contribution in [3.63, 3.8) is 0 Å². The van der Waals surface area contributed by atoms with Crippen molar-refractivity contribution in [2.45, 2.75) is 52.2 Å². The smallest absolute Gasteiger partial charge is 0.123 e. The van der Waals surface area contributed by atoms with Crippen LogP contribution in [-0.2, 0) is 5.41 Å². The Morgan fingerprint density at radius 2 is 1.55 bits per heavy atom. The molecule has 0 aromatic heterocycles. The first-order valence-corrected chi connectivity index (χ1v) is 6.96. The molecule has 0 spiro atoms. The minimum Gasteiger partial charge on any atom is -0.491 e. The van der Waals surface area contributed by atoms with Gasteiger partial charge in [-0.25, -0.2) is 0 Å². The summed E-state index contributed by atoms with van der Waals surface area (Å²) in [4.78, 5) is 0. The lowest BCUT2D eigenvalue weighted by Crippen LogP contribution is -2.18. The number of aliphatic hydroxyl groups excluding tert-OH is 2. The molecule has 2 atom stereocenters. The third kappa shape index (κ3) is 5.39. The molecule has 0 aliphatic heterocycles. The van der Waals surface area contributed by atoms with Crippen LogP contribution >= 0.6 is 0 Å². The number of hydrogen-bond acceptors (Lipinski definition) is 4. The quantitative estimate of drug-likeness (QED) is 0.841. The summed E-state index contributed by atoms with van der Waals surface area (Å²) >= 11 is 0. The van der Waals surface area contributed by atoms with Crippen molar-refractivity contribution in [1.29, 1.82) is 0 Å². The molecule has 4 heteroatoms. The number of hydrogen-bond donors (Lipinski definition) is 2. The third-order valence-corrected chi connectivity index (χ3v) is 2.73. The third-order valence-electron chi connectivity index (χ3n) is 2.73. The highest BCUT2D eigenvalue weighted by Gasteiger charge is 2.20. The second-order valence-corrected chi connectivity index (χ2v) is 6.23. The number of ether oxygens (including phenoxy) is 2. The van der Waals surface area contributed by atoms with Gasteiger partial charge in [-0.3, -0.25) is 0 Å². The molecule has 0 radical (unpaired) electrons. The highest BCUT2D eigenvalue weighted by atomic mass is 16.5. The Labute approximate surface area is 121 Å². The van der Waals surface area contributed by atoms with Crippen LogP contribution in [0.1, 0.15) is 40.2 Å². The standard InChI is InChI=1S/C16H26O4/c1-11(17)9-19-13-6-7-15(20-10-12(2)18)14(8-13)16(3,4)5/h6-8,11-12,17-18H,9-10H2,1-5H3. The molecule has 0 saturated carbocycles. The van der Waals surface area contributed by atoms with E-state index in [0.717, 1.165) is 11.3 Å². The van der Waals surface area contributed by atoms with Crippen LogP contribution in [0.2, 0.25) is 0 Å². The van der Waals surface area contributed by atoms with Gasteiger partial charge in [0.15, 0.2) is 0 Å². The van der Waals surface area contributed by atoms with Crippen LogP contribution in [0.25, 0.3) is 0 Å². The molecule has 0 heterocycles. The topological polar surface area (TPSA) is 58.9 Å². The van der Waals surface area contributed by atoms with Gasteiger partial charge in [0.25, 0.3) is 0 Å². The van der Waals surface area contributed by atoms with Crippen LogP contribution in [-0.4, -0.2) is 35.6 Å². The van der Waals surface area contributed by atoms with E-state index in [0.29, 0.717) is 5.75 Å². The fraction of sp³-hybridized carbons (Fsp3) is 0.625. The lowest BCUT2D eigenvalue weighted by atomic mass is 9.86. The first-order chi connectivity index (χ1) is 9.20. The molecule has 1 aromatic carbocycles. The summed E-state index contributed by atoms with van der Waals surface area (Å²) in [6.45, 7) is 10.2. The monoisotopic (exact) mass is 282 g/mol. The van der Waals surface area contributed by atoms with Gasteiger partial charge >= 0.3 is 0 Å². The van der Waals surface area contributed by atoms with Crippen LogP contribution in [0.3, 0.4) is 0 Å². The maximum absolute atomic E-state index is 9.33. The molecule has 1 rings (SSSR count). The van der Waals surface area contributed by atoms with Gasteiger partial charge in [-0.15, -0.1) is 0 Å². The predicted molar refractivity (Wildman–Crippen MR) is 79.5 cm³/mol. The highest BCUT2D eigenvalue weighted by Crippen LogP contribution is 2.34. The van der Waals surface area contributed by atoms with E-state index < -0.39 is 12.2 Å². The summed E-state index contributed by atoms with van der Waals surface area (Å²) in [5, 5.41) is 18.6. The van der Waals surface area contributed by atoms with Gasteiger partial charge in [0.2, 0.25) is 0 Å². The number of rotatable bonds is 6. The fourth-order valence-electron chi connectivity index (χ4n) is 1.74. The van der Waals surface area contributed by atoms with Crippen molar-refractivity contribution in [2.75, 3.05) is 13.2 Å². The Balaban J connectivity index is 2.95. The second-order valence-electron chi connectivity index (χ2n) is 6.23. The molecule has 0 amide bonds. The zero-order valence-corrected chi connectivity index (χ0v) is 13.0. The van der Waals surface area contributed by atoms with Crippen molar-refractivity contribution < 1.29 is 19.7 Å². The van der Waals surface area contributed by atoms with Gasteiger partial charge in [0.05, 0.1) is 12.2 Å². The lowest BCUT2D eigenvalue weighted by Gasteiger charge is -2.24. The molecule has 0 saturated heterocycles. The number of aliphatic hydroxyl groups is 2. The average molecular weight is 282 g/mol. The molecule has 4 nitrogen and oxygen atoms in total. The molecular weight excluding hydrogens is 256 g/mol. The van der Waals surface area contributed by atoms with Crippen LogP contribution < -0.4 is 9.47 Å². The normalized spacial score (nSPS) is 14.8. The van der Waals surface area contributed by atoms with Crippen molar-refractivity contribution >= 4 is 0 Å². The Morgan fingerprint density at radius 3 is 2.05 bits per heavy atom. The maximum Gasteiger partial charge on any atom is 0.123 e. The van der Waals surface area contributed by atoms with Gasteiger partial charge in [-0.2, -0.15) is 0 Å². The summed E-state index contributed by atoms with van der Waals surface area (Å²) in [7, 11) is 0. The Bertz CT molecular complexity index is 419. The predicted octanol–water partition coefficient (Wildman–Crippen LogP) is 2.50. The van der Waals surface area contributed by atoms with Gasteiger partial charge in [-0.1, -0.05) is 20.8 Å². The Morgan fingerprint density at radius 1 is 1.00 bits per heavy atom. The first-order valence-electron chi connectivity index (χ1n) is 6.96. The molecule has 0 aliphatic carbocycles. The number of benzene rings is 1. The minimum absolute atomic E-state index is 0.0990. The average Bonchev–Trinajstić information content (AvgIpc) is 2.33. The molecule has 0 aliphatic rings.